The summed E-state index contributed by atoms with van der Waals surface area (Å²) in [7, 11) is 1.32. The molecule has 0 bridgehead atoms. The lowest BCUT2D eigenvalue weighted by Gasteiger charge is -2.24. The van der Waals surface area contributed by atoms with Gasteiger partial charge >= 0.3 is 12.1 Å². The first kappa shape index (κ1) is 22.5. The van der Waals surface area contributed by atoms with Gasteiger partial charge in [-0.2, -0.15) is 0 Å². The molecule has 0 radical (unpaired) electrons. The second-order valence-corrected chi connectivity index (χ2v) is 8.84. The fraction of sp³-hybridized carbons (Fsp3) is 0.391. The minimum Gasteiger partial charge on any atom is -0.465 e. The smallest absolute Gasteiger partial charge is 0.410 e. The number of amides is 1. The maximum absolute atomic E-state index is 14.6. The van der Waals surface area contributed by atoms with E-state index in [1.54, 1.807) is 61.8 Å². The van der Waals surface area contributed by atoms with Crippen LogP contribution in [0.1, 0.15) is 31.1 Å². The molecule has 10 heteroatoms. The number of ether oxygens (including phenoxy) is 2. The first-order valence-corrected chi connectivity index (χ1v) is 10.6. The average Bonchev–Trinajstić information content (AvgIpc) is 3.35. The average molecular weight is 455 g/mol. The zero-order chi connectivity index (χ0) is 23.8. The van der Waals surface area contributed by atoms with Gasteiger partial charge in [-0.1, -0.05) is 6.07 Å². The molecule has 0 saturated carbocycles. The van der Waals surface area contributed by atoms with Crippen LogP contribution in [-0.2, 0) is 9.47 Å². The molecule has 3 aromatic rings. The Labute approximate surface area is 190 Å². The largest absolute Gasteiger partial charge is 0.465 e. The van der Waals surface area contributed by atoms with Crippen molar-refractivity contribution in [2.24, 2.45) is 0 Å². The Bertz CT molecular complexity index is 1190. The quantitative estimate of drug-likeness (QED) is 0.601. The number of aromatic nitrogens is 3. The van der Waals surface area contributed by atoms with Gasteiger partial charge < -0.3 is 19.7 Å². The van der Waals surface area contributed by atoms with Crippen molar-refractivity contribution in [1.29, 1.82) is 0 Å². The Morgan fingerprint density at radius 2 is 2.00 bits per heavy atom. The zero-order valence-corrected chi connectivity index (χ0v) is 18.9. The van der Waals surface area contributed by atoms with Gasteiger partial charge in [-0.15, -0.1) is 0 Å². The number of nitrogens with one attached hydrogen (secondary N) is 1. The summed E-state index contributed by atoms with van der Waals surface area (Å²) in [5.74, 6) is 0.0384. The van der Waals surface area contributed by atoms with Crippen LogP contribution in [0.4, 0.5) is 15.0 Å². The first-order valence-electron chi connectivity index (χ1n) is 10.6. The van der Waals surface area contributed by atoms with Gasteiger partial charge in [-0.3, -0.25) is 4.40 Å². The van der Waals surface area contributed by atoms with E-state index in [0.717, 1.165) is 0 Å². The lowest BCUT2D eigenvalue weighted by Crippen LogP contribution is -2.36. The van der Waals surface area contributed by atoms with E-state index in [9.17, 15) is 14.0 Å². The van der Waals surface area contributed by atoms with E-state index in [2.05, 4.69) is 15.3 Å². The highest BCUT2D eigenvalue weighted by Gasteiger charge is 2.37. The minimum absolute atomic E-state index is 0.0396. The normalized spacial score (nSPS) is 18.4. The van der Waals surface area contributed by atoms with Crippen molar-refractivity contribution in [3.05, 3.63) is 48.3 Å². The van der Waals surface area contributed by atoms with Crippen LogP contribution in [0.2, 0.25) is 0 Å². The molecule has 1 fully saturated rings. The summed E-state index contributed by atoms with van der Waals surface area (Å²) in [6.45, 7) is 5.45. The van der Waals surface area contributed by atoms with Gasteiger partial charge in [0.2, 0.25) is 0 Å². The number of hydrogen-bond acceptors (Lipinski definition) is 7. The Hall–Kier alpha value is -3.69. The molecule has 1 amide bonds. The summed E-state index contributed by atoms with van der Waals surface area (Å²) in [5.41, 5.74) is 1.66. The summed E-state index contributed by atoms with van der Waals surface area (Å²) >= 11 is 0. The lowest BCUT2D eigenvalue weighted by atomic mass is 10.2. The van der Waals surface area contributed by atoms with E-state index < -0.39 is 29.9 Å². The molecule has 1 saturated heterocycles. The number of anilines is 1. The second-order valence-electron chi connectivity index (χ2n) is 8.84. The predicted molar refractivity (Wildman–Crippen MR) is 120 cm³/mol. The molecule has 1 N–H and O–H groups in total. The van der Waals surface area contributed by atoms with Crippen molar-refractivity contribution in [2.75, 3.05) is 25.5 Å². The Morgan fingerprint density at radius 1 is 1.21 bits per heavy atom. The van der Waals surface area contributed by atoms with Gasteiger partial charge in [-0.25, -0.2) is 23.9 Å². The van der Waals surface area contributed by atoms with Gasteiger partial charge in [0.15, 0.2) is 0 Å². The molecule has 1 aliphatic heterocycles. The van der Waals surface area contributed by atoms with Crippen LogP contribution in [-0.4, -0.2) is 69.3 Å². The van der Waals surface area contributed by atoms with E-state index in [0.29, 0.717) is 28.4 Å². The highest BCUT2D eigenvalue weighted by atomic mass is 19.1. The summed E-state index contributed by atoms with van der Waals surface area (Å²) < 4.78 is 26.5. The van der Waals surface area contributed by atoms with Gasteiger partial charge in [-0.05, 0) is 45.0 Å². The molecule has 0 spiro atoms. The maximum Gasteiger partial charge on any atom is 0.410 e. The molecule has 0 unspecified atom stereocenters. The summed E-state index contributed by atoms with van der Waals surface area (Å²) in [6.07, 6.45) is 1.59. The highest BCUT2D eigenvalue weighted by molar-refractivity contribution is 5.90. The van der Waals surface area contributed by atoms with Crippen LogP contribution in [0, 0.1) is 0 Å². The molecule has 1 aliphatic rings. The predicted octanol–water partition coefficient (Wildman–Crippen LogP) is 3.55. The molecule has 2 atom stereocenters. The highest BCUT2D eigenvalue weighted by Crippen LogP contribution is 2.24. The number of rotatable bonds is 4. The number of alkyl halides is 1. The van der Waals surface area contributed by atoms with Crippen LogP contribution < -0.4 is 5.32 Å². The number of carbonyl (C=O) groups excluding carboxylic acids is 2. The number of fused-ring (bicyclic) bond motifs is 1. The molecule has 0 aliphatic carbocycles. The number of carbonyl (C=O) groups is 2. The Kier molecular flexibility index (Phi) is 5.92. The van der Waals surface area contributed by atoms with Crippen LogP contribution >= 0.6 is 0 Å². The third-order valence-electron chi connectivity index (χ3n) is 5.18. The topological polar surface area (TPSA) is 98.1 Å². The van der Waals surface area contributed by atoms with Gasteiger partial charge in [0.1, 0.15) is 23.2 Å². The van der Waals surface area contributed by atoms with Gasteiger partial charge in [0, 0.05) is 12.7 Å². The monoisotopic (exact) mass is 455 g/mol. The van der Waals surface area contributed by atoms with Gasteiger partial charge in [0.25, 0.3) is 0 Å². The van der Waals surface area contributed by atoms with Crippen molar-refractivity contribution in [1.82, 2.24) is 19.3 Å². The number of halogens is 1. The van der Waals surface area contributed by atoms with Crippen molar-refractivity contribution >= 4 is 23.5 Å². The van der Waals surface area contributed by atoms with E-state index in [1.807, 2.05) is 6.07 Å². The Morgan fingerprint density at radius 3 is 2.73 bits per heavy atom. The van der Waals surface area contributed by atoms with Crippen molar-refractivity contribution < 1.29 is 23.5 Å². The lowest BCUT2D eigenvalue weighted by molar-refractivity contribution is 0.0283. The van der Waals surface area contributed by atoms with E-state index >= 15 is 0 Å². The summed E-state index contributed by atoms with van der Waals surface area (Å²) in [5, 5.41) is 3.09. The fourth-order valence-electron chi connectivity index (χ4n) is 3.64. The molecular weight excluding hydrogens is 429 g/mol. The van der Waals surface area contributed by atoms with Gasteiger partial charge in [0.05, 0.1) is 42.8 Å². The fourth-order valence-corrected chi connectivity index (χ4v) is 3.64. The summed E-state index contributed by atoms with van der Waals surface area (Å²) in [4.78, 5) is 34.4. The molecule has 3 aromatic heterocycles. The second kappa shape index (κ2) is 8.68. The third-order valence-corrected chi connectivity index (χ3v) is 5.18. The SMILES string of the molecule is COC(=O)c1ccn2c(-c3cccc(N[C@H]4CN(C(=O)OC(C)(C)C)C[C@@H]4F)n3)cnc2c1. The molecule has 9 nitrogen and oxygen atoms in total. The first-order chi connectivity index (χ1) is 15.6. The molecular formula is C23H26FN5O4. The number of nitrogens with zero attached hydrogens (tertiary/aromatic N) is 4. The Balaban J connectivity index is 1.51. The number of pyridine rings is 2. The van der Waals surface area contributed by atoms with Crippen LogP contribution in [0.25, 0.3) is 17.0 Å². The minimum atomic E-state index is -1.25. The number of esters is 1. The summed E-state index contributed by atoms with van der Waals surface area (Å²) in [6, 6.07) is 8.03. The van der Waals surface area contributed by atoms with Crippen molar-refractivity contribution in [2.45, 2.75) is 38.6 Å². The van der Waals surface area contributed by atoms with Crippen LogP contribution in [0.3, 0.4) is 0 Å². The van der Waals surface area contributed by atoms with Crippen LogP contribution in [0.15, 0.2) is 42.7 Å². The number of hydrogen-bond donors (Lipinski definition) is 1. The van der Waals surface area contributed by atoms with E-state index in [4.69, 9.17) is 9.47 Å². The van der Waals surface area contributed by atoms with E-state index in [1.165, 1.54) is 12.0 Å². The van der Waals surface area contributed by atoms with E-state index in [-0.39, 0.29) is 13.1 Å². The molecule has 4 rings (SSSR count). The standard InChI is InChI=1S/C23H26FN5O4/c1-23(2,3)33-22(31)28-12-15(24)17(13-28)27-19-7-5-6-16(26-19)18-11-25-20-10-14(21(30)32-4)8-9-29(18)20/h5-11,15,17H,12-13H2,1-4H3,(H,26,27)/t15-,17-/m0/s1. The zero-order valence-electron chi connectivity index (χ0n) is 18.9. The third kappa shape index (κ3) is 4.89. The molecule has 0 aromatic carbocycles. The molecule has 4 heterocycles. The van der Waals surface area contributed by atoms with Crippen molar-refractivity contribution in [3.63, 3.8) is 0 Å². The van der Waals surface area contributed by atoms with Crippen molar-refractivity contribution in [3.8, 4) is 11.4 Å². The number of likely N-dealkylation sites (tertiary alicyclic amines) is 1. The molecule has 174 valence electrons. The number of imidazole rings is 1. The number of methoxy groups -OCH3 is 1. The van der Waals surface area contributed by atoms with Crippen LogP contribution in [0.5, 0.6) is 0 Å². The molecule has 33 heavy (non-hydrogen) atoms. The maximum atomic E-state index is 14.6.